The van der Waals surface area contributed by atoms with Crippen LogP contribution in [0.25, 0.3) is 0 Å². The van der Waals surface area contributed by atoms with Gasteiger partial charge in [-0.05, 0) is 46.9 Å². The van der Waals surface area contributed by atoms with E-state index in [1.165, 1.54) is 0 Å². The van der Waals surface area contributed by atoms with Gasteiger partial charge in [0.2, 0.25) is 5.91 Å². The van der Waals surface area contributed by atoms with Crippen LogP contribution in [0.4, 0.5) is 5.69 Å². The van der Waals surface area contributed by atoms with E-state index < -0.39 is 0 Å². The number of amides is 1. The summed E-state index contributed by atoms with van der Waals surface area (Å²) in [6, 6.07) is 10.2. The van der Waals surface area contributed by atoms with Crippen LogP contribution in [0.5, 0.6) is 0 Å². The number of nitrogen functional groups attached to an aromatic ring is 1. The Labute approximate surface area is 123 Å². The highest BCUT2D eigenvalue weighted by molar-refractivity contribution is 7.07. The number of para-hydroxylation sites is 1. The summed E-state index contributed by atoms with van der Waals surface area (Å²) in [4.78, 5) is 14.5. The number of hydrogen-bond acceptors (Lipinski definition) is 3. The number of nitrogens with two attached hydrogens (primary N) is 1. The Balaban J connectivity index is 1.72. The van der Waals surface area contributed by atoms with Crippen molar-refractivity contribution in [3.8, 4) is 0 Å². The maximum absolute atomic E-state index is 12.5. The van der Waals surface area contributed by atoms with E-state index in [4.69, 9.17) is 5.73 Å². The average molecular weight is 286 g/mol. The molecule has 0 unspecified atom stereocenters. The van der Waals surface area contributed by atoms with Crippen LogP contribution in [0, 0.1) is 0 Å². The molecule has 1 aromatic carbocycles. The van der Waals surface area contributed by atoms with Gasteiger partial charge in [-0.15, -0.1) is 0 Å². The second-order valence-electron chi connectivity index (χ2n) is 5.26. The van der Waals surface area contributed by atoms with E-state index in [9.17, 15) is 4.79 Å². The van der Waals surface area contributed by atoms with Gasteiger partial charge in [-0.1, -0.05) is 18.2 Å². The van der Waals surface area contributed by atoms with Crippen LogP contribution < -0.4 is 5.73 Å². The zero-order valence-corrected chi connectivity index (χ0v) is 12.1. The van der Waals surface area contributed by atoms with Gasteiger partial charge in [-0.25, -0.2) is 0 Å². The molecule has 20 heavy (non-hydrogen) atoms. The largest absolute Gasteiger partial charge is 0.398 e. The molecular formula is C16H18N2OS. The molecule has 2 aromatic rings. The van der Waals surface area contributed by atoms with Crippen LogP contribution in [0.3, 0.4) is 0 Å². The summed E-state index contributed by atoms with van der Waals surface area (Å²) in [6.45, 7) is 0.625. The third-order valence-electron chi connectivity index (χ3n) is 3.64. The molecular weight excluding hydrogens is 268 g/mol. The Morgan fingerprint density at radius 1 is 1.30 bits per heavy atom. The second kappa shape index (κ2) is 5.67. The molecule has 104 valence electrons. The molecule has 0 aliphatic heterocycles. The van der Waals surface area contributed by atoms with E-state index in [2.05, 4.69) is 0 Å². The van der Waals surface area contributed by atoms with Crippen LogP contribution in [0.15, 0.2) is 41.1 Å². The Morgan fingerprint density at radius 2 is 2.10 bits per heavy atom. The third kappa shape index (κ3) is 3.02. The highest BCUT2D eigenvalue weighted by Crippen LogP contribution is 2.30. The molecule has 1 fully saturated rings. The molecule has 1 heterocycles. The van der Waals surface area contributed by atoms with Crippen molar-refractivity contribution in [2.45, 2.75) is 31.8 Å². The lowest BCUT2D eigenvalue weighted by molar-refractivity contribution is -0.131. The van der Waals surface area contributed by atoms with Crippen molar-refractivity contribution in [2.24, 2.45) is 0 Å². The maximum Gasteiger partial charge on any atom is 0.227 e. The molecule has 3 nitrogen and oxygen atoms in total. The SMILES string of the molecule is Nc1ccccc1CN(C(=O)Cc1ccsc1)C1CC1. The molecule has 1 saturated carbocycles. The summed E-state index contributed by atoms with van der Waals surface area (Å²) in [5.74, 6) is 0.203. The maximum atomic E-state index is 12.5. The molecule has 2 N–H and O–H groups in total. The predicted molar refractivity (Wildman–Crippen MR) is 82.4 cm³/mol. The summed E-state index contributed by atoms with van der Waals surface area (Å²) < 4.78 is 0. The van der Waals surface area contributed by atoms with Gasteiger partial charge in [0.1, 0.15) is 0 Å². The number of hydrogen-bond donors (Lipinski definition) is 1. The van der Waals surface area contributed by atoms with E-state index in [0.29, 0.717) is 19.0 Å². The Bertz CT molecular complexity index is 590. The zero-order valence-electron chi connectivity index (χ0n) is 11.3. The van der Waals surface area contributed by atoms with Crippen molar-refractivity contribution >= 4 is 22.9 Å². The van der Waals surface area contributed by atoms with Crippen LogP contribution in [0.1, 0.15) is 24.0 Å². The number of nitrogens with zero attached hydrogens (tertiary/aromatic N) is 1. The van der Waals surface area contributed by atoms with E-state index >= 15 is 0 Å². The van der Waals surface area contributed by atoms with Gasteiger partial charge in [0.25, 0.3) is 0 Å². The van der Waals surface area contributed by atoms with E-state index in [1.54, 1.807) is 11.3 Å². The number of anilines is 1. The van der Waals surface area contributed by atoms with Crippen molar-refractivity contribution in [2.75, 3.05) is 5.73 Å². The summed E-state index contributed by atoms with van der Waals surface area (Å²) in [7, 11) is 0. The second-order valence-corrected chi connectivity index (χ2v) is 6.04. The fourth-order valence-corrected chi connectivity index (χ4v) is 3.01. The highest BCUT2D eigenvalue weighted by Gasteiger charge is 2.32. The molecule has 0 bridgehead atoms. The van der Waals surface area contributed by atoms with Gasteiger partial charge < -0.3 is 10.6 Å². The molecule has 1 aliphatic rings. The minimum absolute atomic E-state index is 0.203. The molecule has 0 atom stereocenters. The molecule has 0 saturated heterocycles. The first-order valence-electron chi connectivity index (χ1n) is 6.88. The fraction of sp³-hybridized carbons (Fsp3) is 0.312. The predicted octanol–water partition coefficient (Wildman–Crippen LogP) is 3.06. The normalized spacial score (nSPS) is 14.2. The first-order chi connectivity index (χ1) is 9.74. The summed E-state index contributed by atoms with van der Waals surface area (Å²) >= 11 is 1.63. The van der Waals surface area contributed by atoms with Crippen LogP contribution in [0.2, 0.25) is 0 Å². The molecule has 0 spiro atoms. The molecule has 1 aromatic heterocycles. The molecule has 3 rings (SSSR count). The first-order valence-corrected chi connectivity index (χ1v) is 7.82. The van der Waals surface area contributed by atoms with Gasteiger partial charge >= 0.3 is 0 Å². The van der Waals surface area contributed by atoms with Gasteiger partial charge in [0.05, 0.1) is 6.42 Å². The standard InChI is InChI=1S/C16H18N2OS/c17-15-4-2-1-3-13(15)10-18(14-5-6-14)16(19)9-12-7-8-20-11-12/h1-4,7-8,11,14H,5-6,9-10,17H2. The number of carbonyl (C=O) groups is 1. The van der Waals surface area contributed by atoms with Crippen LogP contribution >= 0.6 is 11.3 Å². The number of rotatable bonds is 5. The number of thiophene rings is 1. The number of benzene rings is 1. The van der Waals surface area contributed by atoms with Crippen molar-refractivity contribution in [1.82, 2.24) is 4.90 Å². The van der Waals surface area contributed by atoms with Crippen LogP contribution in [-0.2, 0) is 17.8 Å². The molecule has 0 radical (unpaired) electrons. The molecule has 1 amide bonds. The minimum Gasteiger partial charge on any atom is -0.398 e. The Hall–Kier alpha value is -1.81. The van der Waals surface area contributed by atoms with Crippen LogP contribution in [-0.4, -0.2) is 16.8 Å². The highest BCUT2D eigenvalue weighted by atomic mass is 32.1. The summed E-state index contributed by atoms with van der Waals surface area (Å²) in [5.41, 5.74) is 8.90. The van der Waals surface area contributed by atoms with Gasteiger partial charge in [-0.2, -0.15) is 11.3 Å². The van der Waals surface area contributed by atoms with Gasteiger partial charge in [-0.3, -0.25) is 4.79 Å². The minimum atomic E-state index is 0.203. The van der Waals surface area contributed by atoms with E-state index in [-0.39, 0.29) is 5.91 Å². The topological polar surface area (TPSA) is 46.3 Å². The fourth-order valence-electron chi connectivity index (χ4n) is 2.34. The Morgan fingerprint density at radius 3 is 2.75 bits per heavy atom. The van der Waals surface area contributed by atoms with Crippen molar-refractivity contribution in [3.05, 3.63) is 52.2 Å². The van der Waals surface area contributed by atoms with E-state index in [1.807, 2.05) is 46.0 Å². The first kappa shape index (κ1) is 13.2. The Kier molecular flexibility index (Phi) is 3.74. The monoisotopic (exact) mass is 286 g/mol. The quantitative estimate of drug-likeness (QED) is 0.859. The summed E-state index contributed by atoms with van der Waals surface area (Å²) in [6.07, 6.45) is 2.72. The van der Waals surface area contributed by atoms with Gasteiger partial charge in [0.15, 0.2) is 0 Å². The zero-order chi connectivity index (χ0) is 13.9. The smallest absolute Gasteiger partial charge is 0.227 e. The van der Waals surface area contributed by atoms with Crippen molar-refractivity contribution in [1.29, 1.82) is 0 Å². The lowest BCUT2D eigenvalue weighted by Gasteiger charge is -2.23. The molecule has 1 aliphatic carbocycles. The van der Waals surface area contributed by atoms with Gasteiger partial charge in [0, 0.05) is 18.3 Å². The molecule has 4 heteroatoms. The average Bonchev–Trinajstić information content (AvgIpc) is 3.15. The summed E-state index contributed by atoms with van der Waals surface area (Å²) in [5, 5.41) is 4.05. The lowest BCUT2D eigenvalue weighted by Crippen LogP contribution is -2.34. The van der Waals surface area contributed by atoms with Crippen molar-refractivity contribution in [3.63, 3.8) is 0 Å². The van der Waals surface area contributed by atoms with Crippen molar-refractivity contribution < 1.29 is 4.79 Å². The lowest BCUT2D eigenvalue weighted by atomic mass is 10.1. The third-order valence-corrected chi connectivity index (χ3v) is 4.37. The van der Waals surface area contributed by atoms with E-state index in [0.717, 1.165) is 29.7 Å². The number of carbonyl (C=O) groups excluding carboxylic acids is 1.